The van der Waals surface area contributed by atoms with E-state index in [-0.39, 0.29) is 22.8 Å². The summed E-state index contributed by atoms with van der Waals surface area (Å²) >= 11 is 3.28. The molecular weight excluding hydrogens is 334 g/mol. The monoisotopic (exact) mass is 353 g/mol. The molecule has 0 bridgehead atoms. The number of anilines is 1. The summed E-state index contributed by atoms with van der Waals surface area (Å²) in [7, 11) is 0. The zero-order chi connectivity index (χ0) is 15.6. The number of hydrogen-bond donors (Lipinski definition) is 2. The maximum absolute atomic E-state index is 12.5. The Bertz CT molecular complexity index is 569. The van der Waals surface area contributed by atoms with Crippen molar-refractivity contribution in [3.05, 3.63) is 28.2 Å². The number of nitrogens with one attached hydrogen (secondary N) is 1. The van der Waals surface area contributed by atoms with E-state index in [1.165, 1.54) is 12.1 Å². The van der Waals surface area contributed by atoms with Crippen molar-refractivity contribution >= 4 is 33.5 Å². The van der Waals surface area contributed by atoms with Crippen LogP contribution in [0.15, 0.2) is 22.7 Å². The largest absolute Gasteiger partial charge is 0.478 e. The van der Waals surface area contributed by atoms with Gasteiger partial charge in [0.1, 0.15) is 0 Å². The van der Waals surface area contributed by atoms with Crippen LogP contribution in [0.4, 0.5) is 5.69 Å². The summed E-state index contributed by atoms with van der Waals surface area (Å²) in [5, 5.41) is 11.9. The number of amides is 1. The molecule has 0 saturated heterocycles. The van der Waals surface area contributed by atoms with Gasteiger partial charge in [-0.15, -0.1) is 0 Å². The number of rotatable bonds is 3. The van der Waals surface area contributed by atoms with Crippen LogP contribution in [-0.4, -0.2) is 17.0 Å². The second kappa shape index (κ2) is 6.18. The predicted octanol–water partition coefficient (Wildman–Crippen LogP) is 4.30. The van der Waals surface area contributed by atoms with E-state index < -0.39 is 5.97 Å². The van der Waals surface area contributed by atoms with Crippen molar-refractivity contribution in [3.8, 4) is 0 Å². The number of aromatic carboxylic acids is 1. The second-order valence-electron chi connectivity index (χ2n) is 6.31. The molecule has 1 saturated carbocycles. The highest BCUT2D eigenvalue weighted by atomic mass is 79.9. The highest BCUT2D eigenvalue weighted by molar-refractivity contribution is 9.10. The average molecular weight is 354 g/mol. The quantitative estimate of drug-likeness (QED) is 0.850. The minimum Gasteiger partial charge on any atom is -0.478 e. The number of benzene rings is 1. The number of carboxylic acid groups (broad SMARTS) is 1. The standard InChI is InChI=1S/C16H20BrNO3/c1-16(2)6-4-3-5-13(16)14(19)18-12-8-10(15(20)21)7-11(17)9-12/h7-9,13H,3-6H2,1-2H3,(H,18,19)(H,20,21). The van der Waals surface area contributed by atoms with Gasteiger partial charge in [0.25, 0.3) is 0 Å². The van der Waals surface area contributed by atoms with Crippen LogP contribution in [0.25, 0.3) is 0 Å². The molecular formula is C16H20BrNO3. The van der Waals surface area contributed by atoms with Gasteiger partial charge >= 0.3 is 5.97 Å². The van der Waals surface area contributed by atoms with Gasteiger partial charge in [-0.05, 0) is 36.5 Å². The Labute approximate surface area is 133 Å². The zero-order valence-corrected chi connectivity index (χ0v) is 13.9. The normalized spacial score (nSPS) is 20.8. The highest BCUT2D eigenvalue weighted by Gasteiger charge is 2.37. The van der Waals surface area contributed by atoms with Crippen LogP contribution < -0.4 is 5.32 Å². The fourth-order valence-corrected chi connectivity index (χ4v) is 3.49. The van der Waals surface area contributed by atoms with Gasteiger partial charge in [-0.25, -0.2) is 4.79 Å². The molecule has 0 aliphatic heterocycles. The molecule has 1 aliphatic rings. The molecule has 21 heavy (non-hydrogen) atoms. The number of carboxylic acids is 1. The molecule has 1 aliphatic carbocycles. The fraction of sp³-hybridized carbons (Fsp3) is 0.500. The lowest BCUT2D eigenvalue weighted by atomic mass is 9.68. The molecule has 5 heteroatoms. The summed E-state index contributed by atoms with van der Waals surface area (Å²) in [5.41, 5.74) is 0.667. The molecule has 1 aromatic rings. The van der Waals surface area contributed by atoms with Crippen molar-refractivity contribution in [2.24, 2.45) is 11.3 Å². The van der Waals surface area contributed by atoms with Crippen LogP contribution in [-0.2, 0) is 4.79 Å². The van der Waals surface area contributed by atoms with E-state index in [0.717, 1.165) is 25.7 Å². The number of carbonyl (C=O) groups is 2. The Morgan fingerprint density at radius 2 is 2.00 bits per heavy atom. The topological polar surface area (TPSA) is 66.4 Å². The summed E-state index contributed by atoms with van der Waals surface area (Å²) in [4.78, 5) is 23.6. The number of carbonyl (C=O) groups excluding carboxylic acids is 1. The van der Waals surface area contributed by atoms with E-state index in [1.807, 2.05) is 0 Å². The first-order chi connectivity index (χ1) is 9.79. The molecule has 1 unspecified atom stereocenters. The van der Waals surface area contributed by atoms with E-state index in [9.17, 15) is 9.59 Å². The van der Waals surface area contributed by atoms with Crippen molar-refractivity contribution in [3.63, 3.8) is 0 Å². The van der Waals surface area contributed by atoms with Gasteiger partial charge in [0.2, 0.25) is 5.91 Å². The lowest BCUT2D eigenvalue weighted by Crippen LogP contribution is -2.37. The third-order valence-corrected chi connectivity index (χ3v) is 4.69. The summed E-state index contributed by atoms with van der Waals surface area (Å²) in [6.45, 7) is 4.25. The van der Waals surface area contributed by atoms with Crippen molar-refractivity contribution < 1.29 is 14.7 Å². The van der Waals surface area contributed by atoms with Gasteiger partial charge in [0, 0.05) is 16.1 Å². The molecule has 0 radical (unpaired) electrons. The third kappa shape index (κ3) is 3.84. The predicted molar refractivity (Wildman–Crippen MR) is 85.5 cm³/mol. The van der Waals surface area contributed by atoms with Crippen molar-refractivity contribution in [2.45, 2.75) is 39.5 Å². The average Bonchev–Trinajstić information content (AvgIpc) is 2.37. The molecule has 0 spiro atoms. The van der Waals surface area contributed by atoms with E-state index in [1.54, 1.807) is 6.07 Å². The fourth-order valence-electron chi connectivity index (χ4n) is 2.99. The van der Waals surface area contributed by atoms with Crippen LogP contribution in [0.1, 0.15) is 49.9 Å². The van der Waals surface area contributed by atoms with Crippen molar-refractivity contribution in [2.75, 3.05) is 5.32 Å². The smallest absolute Gasteiger partial charge is 0.335 e. The van der Waals surface area contributed by atoms with Crippen LogP contribution in [0.2, 0.25) is 0 Å². The van der Waals surface area contributed by atoms with E-state index >= 15 is 0 Å². The van der Waals surface area contributed by atoms with E-state index in [2.05, 4.69) is 35.1 Å². The number of halogens is 1. The lowest BCUT2D eigenvalue weighted by Gasteiger charge is -2.37. The first-order valence-corrected chi connectivity index (χ1v) is 7.94. The minimum atomic E-state index is -1.01. The SMILES string of the molecule is CC1(C)CCCCC1C(=O)Nc1cc(Br)cc(C(=O)O)c1. The molecule has 4 nitrogen and oxygen atoms in total. The van der Waals surface area contributed by atoms with Crippen LogP contribution in [0.3, 0.4) is 0 Å². The Balaban J connectivity index is 2.17. The van der Waals surface area contributed by atoms with Gasteiger partial charge in [-0.2, -0.15) is 0 Å². The van der Waals surface area contributed by atoms with Crippen LogP contribution in [0, 0.1) is 11.3 Å². The van der Waals surface area contributed by atoms with E-state index in [4.69, 9.17) is 5.11 Å². The first-order valence-electron chi connectivity index (χ1n) is 7.14. The molecule has 114 valence electrons. The summed E-state index contributed by atoms with van der Waals surface area (Å²) < 4.78 is 0.639. The van der Waals surface area contributed by atoms with Crippen LogP contribution in [0.5, 0.6) is 0 Å². The highest BCUT2D eigenvalue weighted by Crippen LogP contribution is 2.41. The maximum Gasteiger partial charge on any atom is 0.335 e. The van der Waals surface area contributed by atoms with E-state index in [0.29, 0.717) is 10.2 Å². The Hall–Kier alpha value is -1.36. The summed E-state index contributed by atoms with van der Waals surface area (Å²) in [6, 6.07) is 4.73. The molecule has 2 N–H and O–H groups in total. The van der Waals surface area contributed by atoms with Crippen molar-refractivity contribution in [1.82, 2.24) is 0 Å². The molecule has 0 aromatic heterocycles. The third-order valence-electron chi connectivity index (χ3n) is 4.24. The lowest BCUT2D eigenvalue weighted by molar-refractivity contribution is -0.124. The maximum atomic E-state index is 12.5. The Morgan fingerprint density at radius 3 is 2.62 bits per heavy atom. The molecule has 1 aromatic carbocycles. The van der Waals surface area contributed by atoms with Crippen LogP contribution >= 0.6 is 15.9 Å². The molecule has 1 amide bonds. The summed E-state index contributed by atoms with van der Waals surface area (Å²) in [5.74, 6) is -1.06. The Kier molecular flexibility index (Phi) is 4.71. The first kappa shape index (κ1) is 16.0. The molecule has 1 atom stereocenters. The zero-order valence-electron chi connectivity index (χ0n) is 12.3. The van der Waals surface area contributed by atoms with Gasteiger partial charge in [0.05, 0.1) is 5.56 Å². The molecule has 0 heterocycles. The number of hydrogen-bond acceptors (Lipinski definition) is 2. The van der Waals surface area contributed by atoms with Crippen molar-refractivity contribution in [1.29, 1.82) is 0 Å². The van der Waals surface area contributed by atoms with Gasteiger partial charge in [0.15, 0.2) is 0 Å². The second-order valence-corrected chi connectivity index (χ2v) is 7.23. The van der Waals surface area contributed by atoms with Gasteiger partial charge in [-0.1, -0.05) is 42.6 Å². The summed E-state index contributed by atoms with van der Waals surface area (Å²) in [6.07, 6.45) is 4.17. The van der Waals surface area contributed by atoms with Gasteiger partial charge in [-0.3, -0.25) is 4.79 Å². The molecule has 2 rings (SSSR count). The van der Waals surface area contributed by atoms with Gasteiger partial charge < -0.3 is 10.4 Å². The molecule has 1 fully saturated rings. The minimum absolute atomic E-state index is 0.00995. The Morgan fingerprint density at radius 1 is 1.29 bits per heavy atom.